The highest BCUT2D eigenvalue weighted by atomic mass is 32.1. The maximum absolute atomic E-state index is 5.17. The number of nitrogens with zero attached hydrogens (tertiary/aromatic N) is 5. The van der Waals surface area contributed by atoms with Crippen LogP contribution in [0.5, 0.6) is 5.75 Å². The summed E-state index contributed by atoms with van der Waals surface area (Å²) in [5.41, 5.74) is 2.64. The highest BCUT2D eigenvalue weighted by molar-refractivity contribution is 7.15. The van der Waals surface area contributed by atoms with Crippen molar-refractivity contribution in [2.24, 2.45) is 0 Å². The molecule has 0 aliphatic carbocycles. The van der Waals surface area contributed by atoms with E-state index in [1.54, 1.807) is 24.6 Å². The van der Waals surface area contributed by atoms with E-state index in [2.05, 4.69) is 25.5 Å². The van der Waals surface area contributed by atoms with Crippen molar-refractivity contribution in [1.29, 1.82) is 0 Å². The Bertz CT molecular complexity index is 934. The number of methoxy groups -OCH3 is 1. The third kappa shape index (κ3) is 2.91. The number of hydrogen-bond acceptors (Lipinski definition) is 7. The van der Waals surface area contributed by atoms with Crippen LogP contribution in [0.4, 0.5) is 5.95 Å². The minimum atomic E-state index is 0.472. The molecule has 120 valence electrons. The molecule has 3 aromatic heterocycles. The van der Waals surface area contributed by atoms with Crippen molar-refractivity contribution in [2.45, 2.75) is 6.54 Å². The Hall–Kier alpha value is -3.00. The van der Waals surface area contributed by atoms with Crippen LogP contribution in [0.2, 0.25) is 0 Å². The first-order valence-corrected chi connectivity index (χ1v) is 8.19. The van der Waals surface area contributed by atoms with Crippen molar-refractivity contribution in [3.8, 4) is 17.0 Å². The summed E-state index contributed by atoms with van der Waals surface area (Å²) in [4.78, 5) is 9.98. The smallest absolute Gasteiger partial charge is 0.243 e. The van der Waals surface area contributed by atoms with E-state index in [0.29, 0.717) is 12.5 Å². The Morgan fingerprint density at radius 3 is 2.88 bits per heavy atom. The largest absolute Gasteiger partial charge is 0.497 e. The number of ether oxygens (including phenoxy) is 1. The second kappa shape index (κ2) is 6.25. The molecule has 0 amide bonds. The van der Waals surface area contributed by atoms with Gasteiger partial charge in [0.1, 0.15) is 5.75 Å². The molecule has 7 nitrogen and oxygen atoms in total. The van der Waals surface area contributed by atoms with Crippen molar-refractivity contribution in [3.05, 3.63) is 53.9 Å². The molecule has 0 aliphatic rings. The summed E-state index contributed by atoms with van der Waals surface area (Å²) < 4.78 is 7.16. The third-order valence-electron chi connectivity index (χ3n) is 3.52. The van der Waals surface area contributed by atoms with Crippen molar-refractivity contribution in [1.82, 2.24) is 24.6 Å². The normalized spacial score (nSPS) is 10.9. The lowest BCUT2D eigenvalue weighted by molar-refractivity contribution is 0.415. The molecule has 0 aliphatic heterocycles. The van der Waals surface area contributed by atoms with Gasteiger partial charge in [-0.15, -0.1) is 16.4 Å². The summed E-state index contributed by atoms with van der Waals surface area (Å²) in [6, 6.07) is 7.66. The SMILES string of the molecule is COc1ccc(-c2cnnc(NCc3cn4ccsc4n3)n2)cc1. The van der Waals surface area contributed by atoms with E-state index in [1.807, 2.05) is 46.4 Å². The molecular weight excluding hydrogens is 324 g/mol. The van der Waals surface area contributed by atoms with Gasteiger partial charge in [0.05, 0.1) is 31.2 Å². The molecule has 3 heterocycles. The first kappa shape index (κ1) is 14.6. The number of thiazole rings is 1. The van der Waals surface area contributed by atoms with Gasteiger partial charge in [0.25, 0.3) is 0 Å². The van der Waals surface area contributed by atoms with Crippen LogP contribution in [0, 0.1) is 0 Å². The molecule has 0 atom stereocenters. The Kier molecular flexibility index (Phi) is 3.80. The molecular formula is C16H14N6OS. The molecule has 0 saturated carbocycles. The zero-order valence-corrected chi connectivity index (χ0v) is 13.7. The van der Waals surface area contributed by atoms with Gasteiger partial charge in [-0.3, -0.25) is 4.40 Å². The summed E-state index contributed by atoms with van der Waals surface area (Å²) in [7, 11) is 1.64. The second-order valence-corrected chi connectivity index (χ2v) is 5.95. The number of rotatable bonds is 5. The first-order chi connectivity index (χ1) is 11.8. The van der Waals surface area contributed by atoms with E-state index in [4.69, 9.17) is 4.74 Å². The number of hydrogen-bond donors (Lipinski definition) is 1. The Morgan fingerprint density at radius 2 is 2.08 bits per heavy atom. The van der Waals surface area contributed by atoms with E-state index < -0.39 is 0 Å². The summed E-state index contributed by atoms with van der Waals surface area (Å²) in [6.45, 7) is 0.544. The molecule has 0 unspecified atom stereocenters. The minimum Gasteiger partial charge on any atom is -0.497 e. The number of anilines is 1. The summed E-state index contributed by atoms with van der Waals surface area (Å²) in [5.74, 6) is 1.28. The monoisotopic (exact) mass is 338 g/mol. The standard InChI is InChI=1S/C16H14N6OS/c1-23-13-4-2-11(3-5-13)14-9-18-21-15(20-14)17-8-12-10-22-6-7-24-16(22)19-12/h2-7,9-10H,8H2,1H3,(H,17,20,21). The number of aromatic nitrogens is 5. The zero-order chi connectivity index (χ0) is 16.4. The van der Waals surface area contributed by atoms with Crippen LogP contribution < -0.4 is 10.1 Å². The van der Waals surface area contributed by atoms with Crippen molar-refractivity contribution in [3.63, 3.8) is 0 Å². The molecule has 0 spiro atoms. The number of imidazole rings is 1. The lowest BCUT2D eigenvalue weighted by Gasteiger charge is -2.05. The van der Waals surface area contributed by atoms with Crippen molar-refractivity contribution in [2.75, 3.05) is 12.4 Å². The zero-order valence-electron chi connectivity index (χ0n) is 12.9. The molecule has 0 fully saturated rings. The van der Waals surface area contributed by atoms with Gasteiger partial charge < -0.3 is 10.1 Å². The van der Waals surface area contributed by atoms with Crippen molar-refractivity contribution < 1.29 is 4.74 Å². The fourth-order valence-electron chi connectivity index (χ4n) is 2.31. The lowest BCUT2D eigenvalue weighted by Crippen LogP contribution is -2.05. The molecule has 0 bridgehead atoms. The fraction of sp³-hybridized carbons (Fsp3) is 0.125. The van der Waals surface area contributed by atoms with Gasteiger partial charge in [-0.2, -0.15) is 5.10 Å². The van der Waals surface area contributed by atoms with Gasteiger partial charge in [0.2, 0.25) is 5.95 Å². The van der Waals surface area contributed by atoms with Crippen LogP contribution in [0.3, 0.4) is 0 Å². The number of fused-ring (bicyclic) bond motifs is 1. The predicted molar refractivity (Wildman–Crippen MR) is 92.2 cm³/mol. The van der Waals surface area contributed by atoms with Gasteiger partial charge in [0, 0.05) is 23.3 Å². The van der Waals surface area contributed by atoms with Crippen LogP contribution in [0.15, 0.2) is 48.2 Å². The second-order valence-electron chi connectivity index (χ2n) is 5.07. The van der Waals surface area contributed by atoms with Gasteiger partial charge in [-0.1, -0.05) is 0 Å². The van der Waals surface area contributed by atoms with E-state index in [9.17, 15) is 0 Å². The Balaban J connectivity index is 1.50. The van der Waals surface area contributed by atoms with Crippen LogP contribution in [-0.2, 0) is 6.54 Å². The first-order valence-electron chi connectivity index (χ1n) is 7.31. The molecule has 0 radical (unpaired) electrons. The fourth-order valence-corrected chi connectivity index (χ4v) is 3.03. The van der Waals surface area contributed by atoms with Crippen LogP contribution in [-0.4, -0.2) is 31.7 Å². The van der Waals surface area contributed by atoms with E-state index in [-0.39, 0.29) is 0 Å². The molecule has 4 aromatic rings. The Labute approximate surface area is 142 Å². The molecule has 1 N–H and O–H groups in total. The molecule has 1 aromatic carbocycles. The maximum atomic E-state index is 5.17. The maximum Gasteiger partial charge on any atom is 0.243 e. The van der Waals surface area contributed by atoms with E-state index >= 15 is 0 Å². The number of nitrogens with one attached hydrogen (secondary N) is 1. The van der Waals surface area contributed by atoms with E-state index in [0.717, 1.165) is 27.7 Å². The highest BCUT2D eigenvalue weighted by Crippen LogP contribution is 2.20. The lowest BCUT2D eigenvalue weighted by atomic mass is 10.1. The van der Waals surface area contributed by atoms with Gasteiger partial charge >= 0.3 is 0 Å². The van der Waals surface area contributed by atoms with Crippen LogP contribution in [0.25, 0.3) is 16.2 Å². The van der Waals surface area contributed by atoms with Crippen LogP contribution in [0.1, 0.15) is 5.69 Å². The quantitative estimate of drug-likeness (QED) is 0.603. The van der Waals surface area contributed by atoms with Gasteiger partial charge in [-0.05, 0) is 24.3 Å². The predicted octanol–water partition coefficient (Wildman–Crippen LogP) is 2.87. The van der Waals surface area contributed by atoms with Gasteiger partial charge in [0.15, 0.2) is 4.96 Å². The topological polar surface area (TPSA) is 77.2 Å². The Morgan fingerprint density at radius 1 is 1.21 bits per heavy atom. The average molecular weight is 338 g/mol. The molecule has 24 heavy (non-hydrogen) atoms. The number of benzene rings is 1. The van der Waals surface area contributed by atoms with Gasteiger partial charge in [-0.25, -0.2) is 9.97 Å². The molecule has 4 rings (SSSR count). The molecule has 8 heteroatoms. The summed E-state index contributed by atoms with van der Waals surface area (Å²) >= 11 is 1.60. The van der Waals surface area contributed by atoms with Crippen molar-refractivity contribution >= 4 is 22.2 Å². The van der Waals surface area contributed by atoms with E-state index in [1.165, 1.54) is 0 Å². The van der Waals surface area contributed by atoms with Crippen LogP contribution >= 0.6 is 11.3 Å². The highest BCUT2D eigenvalue weighted by Gasteiger charge is 2.06. The minimum absolute atomic E-state index is 0.472. The molecule has 0 saturated heterocycles. The summed E-state index contributed by atoms with van der Waals surface area (Å²) in [5, 5.41) is 13.2. The average Bonchev–Trinajstić information content (AvgIpc) is 3.22. The third-order valence-corrected chi connectivity index (χ3v) is 4.29. The summed E-state index contributed by atoms with van der Waals surface area (Å²) in [6.07, 6.45) is 5.61.